The molecular weight excluding hydrogens is 508 g/mol. The van der Waals surface area contributed by atoms with E-state index in [9.17, 15) is 19.5 Å². The highest BCUT2D eigenvalue weighted by atomic mass is 16.5. The monoisotopic (exact) mass is 544 g/mol. The molecule has 0 radical (unpaired) electrons. The predicted octanol–water partition coefficient (Wildman–Crippen LogP) is 7.05. The van der Waals surface area contributed by atoms with Gasteiger partial charge in [0.1, 0.15) is 17.2 Å². The predicted molar refractivity (Wildman–Crippen MR) is 151 cm³/mol. The largest absolute Gasteiger partial charge is 0.491 e. The van der Waals surface area contributed by atoms with Gasteiger partial charge in [0.05, 0.1) is 23.1 Å². The number of carbonyl (C=O) groups excluding carboxylic acids is 2. The molecule has 0 spiro atoms. The minimum absolute atomic E-state index is 0.110. The fourth-order valence-corrected chi connectivity index (χ4v) is 4.82. The van der Waals surface area contributed by atoms with Gasteiger partial charge in [0.15, 0.2) is 0 Å². The lowest BCUT2D eigenvalue weighted by Gasteiger charge is -2.21. The Balaban J connectivity index is 1.27. The molecule has 4 rings (SSSR count). The Morgan fingerprint density at radius 1 is 0.800 bits per heavy atom. The molecule has 1 unspecified atom stereocenters. The molecule has 0 bridgehead atoms. The summed E-state index contributed by atoms with van der Waals surface area (Å²) in [4.78, 5) is 36.5. The van der Waals surface area contributed by atoms with Crippen molar-refractivity contribution in [3.05, 3.63) is 89.0 Å². The summed E-state index contributed by atoms with van der Waals surface area (Å²) < 4.78 is 16.9. The lowest BCUT2D eigenvalue weighted by atomic mass is 9.84. The summed E-state index contributed by atoms with van der Waals surface area (Å²) in [6.07, 6.45) is 7.58. The summed E-state index contributed by atoms with van der Waals surface area (Å²) in [6.45, 7) is 4.25. The van der Waals surface area contributed by atoms with Gasteiger partial charge in [-0.3, -0.25) is 4.79 Å². The first kappa shape index (κ1) is 28.9. The van der Waals surface area contributed by atoms with E-state index in [0.717, 1.165) is 24.0 Å². The van der Waals surface area contributed by atoms with E-state index in [1.165, 1.54) is 19.3 Å². The second-order valence-electron chi connectivity index (χ2n) is 10.3. The van der Waals surface area contributed by atoms with Crippen LogP contribution in [0.1, 0.15) is 84.2 Å². The number of hydrogen-bond acceptors (Lipinski definition) is 6. The van der Waals surface area contributed by atoms with Crippen LogP contribution in [0.15, 0.2) is 66.7 Å². The molecule has 40 heavy (non-hydrogen) atoms. The highest BCUT2D eigenvalue weighted by Crippen LogP contribution is 2.29. The van der Waals surface area contributed by atoms with Crippen LogP contribution in [0.2, 0.25) is 0 Å². The Hall–Kier alpha value is -4.13. The smallest absolute Gasteiger partial charge is 0.343 e. The zero-order valence-electron chi connectivity index (χ0n) is 23.1. The molecule has 1 N–H and O–H groups in total. The highest BCUT2D eigenvalue weighted by Gasteiger charge is 2.24. The first-order valence-corrected chi connectivity index (χ1v) is 14.0. The molecule has 7 heteroatoms. The van der Waals surface area contributed by atoms with Crippen molar-refractivity contribution in [2.45, 2.75) is 71.3 Å². The fraction of sp³-hybridized carbons (Fsp3) is 0.364. The molecule has 1 aliphatic carbocycles. The molecule has 3 aromatic carbocycles. The number of ether oxygens (including phenoxy) is 3. The standard InChI is InChI=1S/C33H36O7/c1-3-4-5-6-7-22(2)38-28-15-10-23(11-16-28)32(36)39-29-17-12-24(13-18-29)33(37)40-30-19-14-25-20-27(31(34)35)9-8-26(25)21-30/h10-19,21-22,27H,3-9,20H2,1-2H3,(H,34,35)/t22-,27?/m1/s1. The molecule has 0 saturated heterocycles. The summed E-state index contributed by atoms with van der Waals surface area (Å²) in [5, 5.41) is 9.26. The lowest BCUT2D eigenvalue weighted by molar-refractivity contribution is -0.142. The maximum absolute atomic E-state index is 12.7. The molecule has 2 atom stereocenters. The fourth-order valence-electron chi connectivity index (χ4n) is 4.82. The van der Waals surface area contributed by atoms with Crippen molar-refractivity contribution in [2.24, 2.45) is 5.92 Å². The van der Waals surface area contributed by atoms with Gasteiger partial charge in [0, 0.05) is 0 Å². The number of aliphatic carboxylic acids is 1. The molecule has 0 fully saturated rings. The van der Waals surface area contributed by atoms with Crippen LogP contribution in [-0.4, -0.2) is 29.1 Å². The van der Waals surface area contributed by atoms with E-state index >= 15 is 0 Å². The number of esters is 2. The zero-order chi connectivity index (χ0) is 28.5. The normalized spacial score (nSPS) is 15.0. The summed E-state index contributed by atoms with van der Waals surface area (Å²) in [5.74, 6) is -0.765. The van der Waals surface area contributed by atoms with E-state index in [-0.39, 0.29) is 12.0 Å². The molecule has 0 heterocycles. The molecule has 0 amide bonds. The van der Waals surface area contributed by atoms with Crippen LogP contribution in [0.4, 0.5) is 0 Å². The van der Waals surface area contributed by atoms with Crippen LogP contribution in [0.5, 0.6) is 17.2 Å². The summed E-state index contributed by atoms with van der Waals surface area (Å²) in [7, 11) is 0. The van der Waals surface area contributed by atoms with Gasteiger partial charge in [-0.05, 0) is 111 Å². The molecule has 0 saturated carbocycles. The van der Waals surface area contributed by atoms with E-state index in [1.54, 1.807) is 60.7 Å². The maximum atomic E-state index is 12.7. The Bertz CT molecular complexity index is 1310. The van der Waals surface area contributed by atoms with Gasteiger partial charge in [0.25, 0.3) is 0 Å². The van der Waals surface area contributed by atoms with E-state index in [4.69, 9.17) is 14.2 Å². The van der Waals surface area contributed by atoms with Crippen molar-refractivity contribution >= 4 is 17.9 Å². The SMILES string of the molecule is CCCCCC[C@@H](C)Oc1ccc(C(=O)Oc2ccc(C(=O)Oc3ccc4c(c3)CCC(C(=O)O)C4)cc2)cc1. The number of aryl methyl sites for hydroxylation is 1. The Kier molecular flexibility index (Phi) is 9.95. The van der Waals surface area contributed by atoms with Crippen molar-refractivity contribution in [3.8, 4) is 17.2 Å². The van der Waals surface area contributed by atoms with Gasteiger partial charge in [-0.25, -0.2) is 9.59 Å². The average Bonchev–Trinajstić information content (AvgIpc) is 2.95. The Labute approximate surface area is 235 Å². The molecule has 0 aliphatic heterocycles. The van der Waals surface area contributed by atoms with Gasteiger partial charge >= 0.3 is 17.9 Å². The number of carboxylic acids is 1. The third-order valence-electron chi connectivity index (χ3n) is 7.16. The number of carbonyl (C=O) groups is 3. The van der Waals surface area contributed by atoms with Crippen molar-refractivity contribution in [2.75, 3.05) is 0 Å². The zero-order valence-corrected chi connectivity index (χ0v) is 23.1. The lowest BCUT2D eigenvalue weighted by Crippen LogP contribution is -2.22. The summed E-state index contributed by atoms with van der Waals surface area (Å²) >= 11 is 0. The number of fused-ring (bicyclic) bond motifs is 1. The number of rotatable bonds is 12. The van der Waals surface area contributed by atoms with E-state index in [1.807, 2.05) is 6.07 Å². The second-order valence-corrected chi connectivity index (χ2v) is 10.3. The third-order valence-corrected chi connectivity index (χ3v) is 7.16. The van der Waals surface area contributed by atoms with Crippen LogP contribution >= 0.6 is 0 Å². The molecular formula is C33H36O7. The summed E-state index contributed by atoms with van der Waals surface area (Å²) in [6, 6.07) is 18.4. The van der Waals surface area contributed by atoms with Gasteiger partial charge in [-0.2, -0.15) is 0 Å². The van der Waals surface area contributed by atoms with E-state index in [2.05, 4.69) is 13.8 Å². The Morgan fingerprint density at radius 3 is 2.02 bits per heavy atom. The quantitative estimate of drug-likeness (QED) is 0.148. The molecule has 7 nitrogen and oxygen atoms in total. The molecule has 210 valence electrons. The van der Waals surface area contributed by atoms with Gasteiger partial charge in [0.2, 0.25) is 0 Å². The van der Waals surface area contributed by atoms with Crippen LogP contribution in [-0.2, 0) is 17.6 Å². The van der Waals surface area contributed by atoms with Crippen LogP contribution in [0, 0.1) is 5.92 Å². The average molecular weight is 545 g/mol. The van der Waals surface area contributed by atoms with Crippen LogP contribution in [0.25, 0.3) is 0 Å². The van der Waals surface area contributed by atoms with Gasteiger partial charge in [-0.15, -0.1) is 0 Å². The maximum Gasteiger partial charge on any atom is 0.343 e. The number of carboxylic acid groups (broad SMARTS) is 1. The van der Waals surface area contributed by atoms with Crippen molar-refractivity contribution in [3.63, 3.8) is 0 Å². The topological polar surface area (TPSA) is 99.1 Å². The van der Waals surface area contributed by atoms with Crippen molar-refractivity contribution < 1.29 is 33.7 Å². The third kappa shape index (κ3) is 7.94. The second kappa shape index (κ2) is 13.8. The number of benzene rings is 3. The van der Waals surface area contributed by atoms with Gasteiger partial charge in [-0.1, -0.05) is 32.3 Å². The number of hydrogen-bond donors (Lipinski definition) is 1. The first-order chi connectivity index (χ1) is 19.3. The van der Waals surface area contributed by atoms with Crippen molar-refractivity contribution in [1.82, 2.24) is 0 Å². The van der Waals surface area contributed by atoms with E-state index < -0.39 is 17.9 Å². The molecule has 3 aromatic rings. The van der Waals surface area contributed by atoms with Crippen molar-refractivity contribution in [1.29, 1.82) is 0 Å². The van der Waals surface area contributed by atoms with Gasteiger partial charge < -0.3 is 19.3 Å². The first-order valence-electron chi connectivity index (χ1n) is 14.0. The Morgan fingerprint density at radius 2 is 1.40 bits per heavy atom. The van der Waals surface area contributed by atoms with Crippen LogP contribution in [0.3, 0.4) is 0 Å². The van der Waals surface area contributed by atoms with Crippen LogP contribution < -0.4 is 14.2 Å². The molecule has 1 aliphatic rings. The minimum atomic E-state index is -0.781. The highest BCUT2D eigenvalue weighted by molar-refractivity contribution is 5.92. The minimum Gasteiger partial charge on any atom is -0.491 e. The molecule has 0 aromatic heterocycles. The van der Waals surface area contributed by atoms with E-state index in [0.29, 0.717) is 47.6 Å². The summed E-state index contributed by atoms with van der Waals surface area (Å²) in [5.41, 5.74) is 2.68. The number of unbranched alkanes of at least 4 members (excludes halogenated alkanes) is 3.